The van der Waals surface area contributed by atoms with Crippen LogP contribution >= 0.6 is 11.6 Å². The zero-order chi connectivity index (χ0) is 21.8. The van der Waals surface area contributed by atoms with Gasteiger partial charge in [-0.3, -0.25) is 24.6 Å². The van der Waals surface area contributed by atoms with Gasteiger partial charge < -0.3 is 10.2 Å². The van der Waals surface area contributed by atoms with E-state index in [1.54, 1.807) is 24.0 Å². The monoisotopic (exact) mass is 430 g/mol. The molecule has 1 N–H and O–H groups in total. The normalized spacial score (nSPS) is 16.2. The van der Waals surface area contributed by atoms with Crippen molar-refractivity contribution in [2.45, 2.75) is 25.8 Å². The number of rotatable bonds is 7. The Hall–Kier alpha value is -2.97. The molecular weight excluding hydrogens is 408 g/mol. The summed E-state index contributed by atoms with van der Waals surface area (Å²) < 4.78 is 0. The Morgan fingerprint density at radius 1 is 1.30 bits per heavy atom. The van der Waals surface area contributed by atoms with Gasteiger partial charge >= 0.3 is 0 Å². The number of halogens is 1. The number of likely N-dealkylation sites (N-methyl/N-ethyl adjacent to an activating group) is 1. The van der Waals surface area contributed by atoms with Crippen LogP contribution in [0.2, 0.25) is 5.02 Å². The fraction of sp³-hybridized carbons (Fsp3) is 0.333. The second kappa shape index (κ2) is 9.23. The molecule has 1 heterocycles. The molecule has 2 aromatic carbocycles. The van der Waals surface area contributed by atoms with E-state index in [4.69, 9.17) is 11.6 Å². The Bertz CT molecular complexity index is 981. The summed E-state index contributed by atoms with van der Waals surface area (Å²) in [5, 5.41) is 14.3. The fourth-order valence-corrected chi connectivity index (χ4v) is 3.82. The highest BCUT2D eigenvalue weighted by molar-refractivity contribution is 6.33. The molecule has 9 heteroatoms. The summed E-state index contributed by atoms with van der Waals surface area (Å²) in [6.45, 7) is 2.55. The number of hydrogen-bond acceptors (Lipinski definition) is 5. The van der Waals surface area contributed by atoms with Gasteiger partial charge in [-0.05, 0) is 38.6 Å². The first-order chi connectivity index (χ1) is 14.3. The molecule has 0 aromatic heterocycles. The highest BCUT2D eigenvalue weighted by Crippen LogP contribution is 2.30. The van der Waals surface area contributed by atoms with E-state index in [0.717, 1.165) is 0 Å². The highest BCUT2D eigenvalue weighted by Gasteiger charge is 2.35. The van der Waals surface area contributed by atoms with Crippen LogP contribution in [-0.2, 0) is 9.59 Å². The van der Waals surface area contributed by atoms with E-state index in [-0.39, 0.29) is 30.0 Å². The van der Waals surface area contributed by atoms with Crippen LogP contribution in [0.4, 0.5) is 17.1 Å². The number of nitro groups is 1. The molecular formula is C21H23ClN4O4. The summed E-state index contributed by atoms with van der Waals surface area (Å²) in [6, 6.07) is 11.5. The molecule has 1 atom stereocenters. The lowest BCUT2D eigenvalue weighted by molar-refractivity contribution is -0.385. The summed E-state index contributed by atoms with van der Waals surface area (Å²) in [5.41, 5.74) is 1.48. The highest BCUT2D eigenvalue weighted by atomic mass is 35.5. The van der Waals surface area contributed by atoms with Gasteiger partial charge in [-0.2, -0.15) is 0 Å². The molecule has 3 rings (SSSR count). The number of carbonyl (C=O) groups excluding carboxylic acids is 2. The van der Waals surface area contributed by atoms with E-state index in [9.17, 15) is 19.7 Å². The van der Waals surface area contributed by atoms with Crippen molar-refractivity contribution in [1.82, 2.24) is 4.90 Å². The third-order valence-electron chi connectivity index (χ3n) is 5.32. The SMILES string of the molecule is Cc1c(NC(=O)CCN(C)C2CCN(c3ccccc3Cl)C2=O)cccc1[N+](=O)[O-]. The van der Waals surface area contributed by atoms with E-state index < -0.39 is 4.92 Å². The minimum Gasteiger partial charge on any atom is -0.326 e. The topological polar surface area (TPSA) is 95.8 Å². The van der Waals surface area contributed by atoms with Crippen LogP contribution in [0.5, 0.6) is 0 Å². The third-order valence-corrected chi connectivity index (χ3v) is 5.64. The predicted octanol–water partition coefficient (Wildman–Crippen LogP) is 3.62. The first kappa shape index (κ1) is 21.7. The van der Waals surface area contributed by atoms with E-state index in [0.29, 0.717) is 41.5 Å². The summed E-state index contributed by atoms with van der Waals surface area (Å²) in [6.07, 6.45) is 0.806. The zero-order valence-corrected chi connectivity index (χ0v) is 17.6. The van der Waals surface area contributed by atoms with Crippen molar-refractivity contribution in [1.29, 1.82) is 0 Å². The first-order valence-corrected chi connectivity index (χ1v) is 9.97. The maximum atomic E-state index is 12.8. The molecule has 0 spiro atoms. The Kier molecular flexibility index (Phi) is 6.69. The zero-order valence-electron chi connectivity index (χ0n) is 16.8. The van der Waals surface area contributed by atoms with Crippen molar-refractivity contribution in [3.8, 4) is 0 Å². The van der Waals surface area contributed by atoms with Crippen LogP contribution in [0.1, 0.15) is 18.4 Å². The maximum Gasteiger partial charge on any atom is 0.274 e. The Labute approximate surface area is 179 Å². The van der Waals surface area contributed by atoms with Crippen LogP contribution in [-0.4, -0.2) is 47.8 Å². The molecule has 2 amide bonds. The number of nitro benzene ring substituents is 1. The van der Waals surface area contributed by atoms with Gasteiger partial charge in [0.2, 0.25) is 11.8 Å². The first-order valence-electron chi connectivity index (χ1n) is 9.59. The van der Waals surface area contributed by atoms with Crippen LogP contribution in [0.3, 0.4) is 0 Å². The Morgan fingerprint density at radius 3 is 2.73 bits per heavy atom. The Morgan fingerprint density at radius 2 is 2.03 bits per heavy atom. The number of carbonyl (C=O) groups is 2. The van der Waals surface area contributed by atoms with Crippen LogP contribution in [0, 0.1) is 17.0 Å². The van der Waals surface area contributed by atoms with Crippen molar-refractivity contribution in [3.05, 3.63) is 63.2 Å². The molecule has 1 unspecified atom stereocenters. The molecule has 0 aliphatic carbocycles. The molecule has 158 valence electrons. The minimum atomic E-state index is -0.477. The van der Waals surface area contributed by atoms with Gasteiger partial charge in [0.25, 0.3) is 5.69 Å². The van der Waals surface area contributed by atoms with Gasteiger partial charge in [0.1, 0.15) is 0 Å². The lowest BCUT2D eigenvalue weighted by Gasteiger charge is -2.24. The summed E-state index contributed by atoms with van der Waals surface area (Å²) >= 11 is 6.22. The van der Waals surface area contributed by atoms with Crippen molar-refractivity contribution in [3.63, 3.8) is 0 Å². The summed E-state index contributed by atoms with van der Waals surface area (Å²) in [7, 11) is 1.81. The van der Waals surface area contributed by atoms with E-state index in [1.165, 1.54) is 12.1 Å². The summed E-state index contributed by atoms with van der Waals surface area (Å²) in [4.78, 5) is 39.3. The molecule has 1 saturated heterocycles. The largest absolute Gasteiger partial charge is 0.326 e. The van der Waals surface area contributed by atoms with Crippen molar-refractivity contribution in [2.24, 2.45) is 0 Å². The van der Waals surface area contributed by atoms with E-state index in [2.05, 4.69) is 5.32 Å². The number of nitrogens with one attached hydrogen (secondary N) is 1. The van der Waals surface area contributed by atoms with E-state index in [1.807, 2.05) is 30.1 Å². The number of nitrogens with zero attached hydrogens (tertiary/aromatic N) is 3. The minimum absolute atomic E-state index is 0.0406. The van der Waals surface area contributed by atoms with Crippen LogP contribution in [0.15, 0.2) is 42.5 Å². The second-order valence-electron chi connectivity index (χ2n) is 7.23. The number of benzene rings is 2. The average Bonchev–Trinajstić information content (AvgIpc) is 3.09. The molecule has 30 heavy (non-hydrogen) atoms. The second-order valence-corrected chi connectivity index (χ2v) is 7.64. The smallest absolute Gasteiger partial charge is 0.274 e. The van der Waals surface area contributed by atoms with Crippen molar-refractivity contribution in [2.75, 3.05) is 30.4 Å². The molecule has 8 nitrogen and oxygen atoms in total. The van der Waals surface area contributed by atoms with Gasteiger partial charge in [-0.15, -0.1) is 0 Å². The van der Waals surface area contributed by atoms with Crippen LogP contribution < -0.4 is 10.2 Å². The van der Waals surface area contributed by atoms with Gasteiger partial charge in [-0.1, -0.05) is 29.8 Å². The standard InChI is InChI=1S/C21H23ClN4O4/c1-14-16(7-5-9-17(14)26(29)30)23-20(27)11-12-24(2)19-10-13-25(21(19)28)18-8-4-3-6-15(18)22/h3-9,19H,10-13H2,1-2H3,(H,23,27). The fourth-order valence-electron chi connectivity index (χ4n) is 3.59. The van der Waals surface area contributed by atoms with Crippen molar-refractivity contribution >= 4 is 40.5 Å². The molecule has 0 bridgehead atoms. The molecule has 0 radical (unpaired) electrons. The van der Waals surface area contributed by atoms with Crippen molar-refractivity contribution < 1.29 is 14.5 Å². The Balaban J connectivity index is 1.57. The summed E-state index contributed by atoms with van der Waals surface area (Å²) in [5.74, 6) is -0.306. The van der Waals surface area contributed by atoms with E-state index >= 15 is 0 Å². The predicted molar refractivity (Wildman–Crippen MR) is 116 cm³/mol. The van der Waals surface area contributed by atoms with Gasteiger partial charge in [0.15, 0.2) is 0 Å². The lowest BCUT2D eigenvalue weighted by atomic mass is 10.1. The maximum absolute atomic E-state index is 12.8. The quantitative estimate of drug-likeness (QED) is 0.534. The average molecular weight is 431 g/mol. The van der Waals surface area contributed by atoms with Gasteiger partial charge in [0.05, 0.1) is 32.9 Å². The third kappa shape index (κ3) is 4.60. The van der Waals surface area contributed by atoms with Gasteiger partial charge in [-0.25, -0.2) is 0 Å². The molecule has 1 fully saturated rings. The van der Waals surface area contributed by atoms with Gasteiger partial charge in [0, 0.05) is 25.6 Å². The molecule has 2 aromatic rings. The molecule has 0 saturated carbocycles. The molecule has 1 aliphatic heterocycles. The number of amides is 2. The number of anilines is 2. The lowest BCUT2D eigenvalue weighted by Crippen LogP contribution is -2.41. The van der Waals surface area contributed by atoms with Crippen LogP contribution in [0.25, 0.3) is 0 Å². The molecule has 1 aliphatic rings. The number of hydrogen-bond donors (Lipinski definition) is 1. The number of para-hydroxylation sites is 1.